The number of carbonyl (C=O) groups excluding carboxylic acids is 2. The molecule has 0 radical (unpaired) electrons. The molecule has 0 heterocycles. The monoisotopic (exact) mass is 504 g/mol. The number of benzene rings is 2. The Morgan fingerprint density at radius 1 is 1.00 bits per heavy atom. The minimum atomic E-state index is -0.700. The van der Waals surface area contributed by atoms with E-state index in [1.807, 2.05) is 24.3 Å². The van der Waals surface area contributed by atoms with E-state index in [9.17, 15) is 9.59 Å². The average molecular weight is 505 g/mol. The van der Waals surface area contributed by atoms with Crippen molar-refractivity contribution in [3.8, 4) is 5.75 Å². The zero-order valence-corrected chi connectivity index (χ0v) is 21.7. The van der Waals surface area contributed by atoms with Gasteiger partial charge in [0, 0.05) is 28.2 Å². The van der Waals surface area contributed by atoms with Crippen LogP contribution in [0.3, 0.4) is 0 Å². The number of carbonyl (C=O) groups is 2. The number of nitrogens with zero attached hydrogens (tertiary/aromatic N) is 1. The average Bonchev–Trinajstić information content (AvgIpc) is 2.83. The van der Waals surface area contributed by atoms with E-state index in [0.29, 0.717) is 27.3 Å². The molecule has 1 aliphatic rings. The molecule has 1 N–H and O–H groups in total. The third-order valence-corrected chi connectivity index (χ3v) is 7.13. The van der Waals surface area contributed by atoms with Gasteiger partial charge in [-0.25, -0.2) is 0 Å². The van der Waals surface area contributed by atoms with E-state index in [2.05, 4.69) is 19.2 Å². The molecule has 1 fully saturated rings. The summed E-state index contributed by atoms with van der Waals surface area (Å²) in [6.45, 7) is 5.91. The predicted molar refractivity (Wildman–Crippen MR) is 138 cm³/mol. The molecule has 34 heavy (non-hydrogen) atoms. The van der Waals surface area contributed by atoms with Crippen LogP contribution in [0.25, 0.3) is 0 Å². The first-order chi connectivity index (χ1) is 16.3. The van der Waals surface area contributed by atoms with E-state index in [1.54, 1.807) is 25.1 Å². The van der Waals surface area contributed by atoms with Crippen LogP contribution in [-0.2, 0) is 16.1 Å². The van der Waals surface area contributed by atoms with Crippen molar-refractivity contribution in [2.45, 2.75) is 77.4 Å². The van der Waals surface area contributed by atoms with Crippen molar-refractivity contribution in [2.75, 3.05) is 6.61 Å². The summed E-state index contributed by atoms with van der Waals surface area (Å²) in [6.07, 6.45) is 5.37. The third-order valence-electron chi connectivity index (χ3n) is 6.42. The molecule has 3 rings (SSSR count). The Kier molecular flexibility index (Phi) is 9.66. The molecule has 2 aromatic carbocycles. The Morgan fingerprint density at radius 3 is 2.21 bits per heavy atom. The second-order valence-electron chi connectivity index (χ2n) is 9.25. The van der Waals surface area contributed by atoms with E-state index < -0.39 is 6.04 Å². The Balaban J connectivity index is 1.74. The maximum atomic E-state index is 13.3. The van der Waals surface area contributed by atoms with Gasteiger partial charge in [-0.05, 0) is 55.5 Å². The van der Waals surface area contributed by atoms with Crippen molar-refractivity contribution in [2.24, 2.45) is 0 Å². The summed E-state index contributed by atoms with van der Waals surface area (Å²) in [5.74, 6) is 0.530. The molecular formula is C27H34Cl2N2O3. The fourth-order valence-electron chi connectivity index (χ4n) is 4.18. The van der Waals surface area contributed by atoms with E-state index >= 15 is 0 Å². The molecule has 5 nitrogen and oxygen atoms in total. The van der Waals surface area contributed by atoms with Gasteiger partial charge in [0.2, 0.25) is 5.91 Å². The first kappa shape index (κ1) is 26.4. The Morgan fingerprint density at radius 2 is 1.62 bits per heavy atom. The fourth-order valence-corrected chi connectivity index (χ4v) is 4.70. The minimum Gasteiger partial charge on any atom is -0.484 e. The highest BCUT2D eigenvalue weighted by molar-refractivity contribution is 6.36. The molecule has 2 aromatic rings. The number of halogens is 2. The van der Waals surface area contributed by atoms with Gasteiger partial charge in [-0.1, -0.05) is 74.5 Å². The maximum Gasteiger partial charge on any atom is 0.261 e. The number of rotatable bonds is 9. The largest absolute Gasteiger partial charge is 0.484 e. The normalized spacial score (nSPS) is 15.1. The zero-order chi connectivity index (χ0) is 24.7. The van der Waals surface area contributed by atoms with Gasteiger partial charge in [-0.2, -0.15) is 0 Å². The van der Waals surface area contributed by atoms with Crippen LogP contribution >= 0.6 is 23.2 Å². The molecule has 0 unspecified atom stereocenters. The highest BCUT2D eigenvalue weighted by Gasteiger charge is 2.29. The minimum absolute atomic E-state index is 0.117. The number of amides is 2. The van der Waals surface area contributed by atoms with Crippen molar-refractivity contribution in [3.05, 3.63) is 63.6 Å². The van der Waals surface area contributed by atoms with Gasteiger partial charge in [0.1, 0.15) is 11.8 Å². The van der Waals surface area contributed by atoms with Crippen LogP contribution in [0, 0.1) is 0 Å². The van der Waals surface area contributed by atoms with Crippen LogP contribution < -0.4 is 10.1 Å². The molecule has 7 heteroatoms. The molecule has 0 saturated heterocycles. The second-order valence-corrected chi connectivity index (χ2v) is 10.1. The molecule has 0 aliphatic heterocycles. The lowest BCUT2D eigenvalue weighted by atomic mass is 9.95. The van der Waals surface area contributed by atoms with Crippen molar-refractivity contribution in [3.63, 3.8) is 0 Å². The van der Waals surface area contributed by atoms with Crippen molar-refractivity contribution in [1.29, 1.82) is 0 Å². The Bertz CT molecular complexity index is 952. The van der Waals surface area contributed by atoms with E-state index in [-0.39, 0.29) is 31.0 Å². The standard InChI is InChI=1S/C27H34Cl2N2O3/c1-18(2)20-12-14-22(15-13-20)34-17-26(32)31(16-23-24(28)10-7-11-25(23)29)19(3)27(33)30-21-8-5-4-6-9-21/h7,10-15,18-19,21H,4-6,8-9,16-17H2,1-3H3,(H,30,33)/t19-/m1/s1. The van der Waals surface area contributed by atoms with E-state index in [4.69, 9.17) is 27.9 Å². The Labute approximate surface area is 212 Å². The summed E-state index contributed by atoms with van der Waals surface area (Å²) < 4.78 is 5.77. The Hall–Kier alpha value is -2.24. The van der Waals surface area contributed by atoms with Gasteiger partial charge < -0.3 is 15.0 Å². The number of hydrogen-bond acceptors (Lipinski definition) is 3. The third kappa shape index (κ3) is 7.13. The highest BCUT2D eigenvalue weighted by atomic mass is 35.5. The molecule has 184 valence electrons. The van der Waals surface area contributed by atoms with Crippen molar-refractivity contribution in [1.82, 2.24) is 10.2 Å². The van der Waals surface area contributed by atoms with Gasteiger partial charge >= 0.3 is 0 Å². The summed E-state index contributed by atoms with van der Waals surface area (Å²) in [5.41, 5.74) is 1.81. The van der Waals surface area contributed by atoms with Crippen LogP contribution in [-0.4, -0.2) is 35.4 Å². The lowest BCUT2D eigenvalue weighted by Gasteiger charge is -2.31. The lowest BCUT2D eigenvalue weighted by molar-refractivity contribution is -0.142. The summed E-state index contributed by atoms with van der Waals surface area (Å²) in [7, 11) is 0. The van der Waals surface area contributed by atoms with Crippen LogP contribution in [0.5, 0.6) is 5.75 Å². The lowest BCUT2D eigenvalue weighted by Crippen LogP contribution is -2.51. The SMILES string of the molecule is CC(C)c1ccc(OCC(=O)N(Cc2c(Cl)cccc2Cl)[C@H](C)C(=O)NC2CCCCC2)cc1. The van der Waals surface area contributed by atoms with Crippen LogP contribution in [0.15, 0.2) is 42.5 Å². The summed E-state index contributed by atoms with van der Waals surface area (Å²) >= 11 is 12.8. The van der Waals surface area contributed by atoms with Gasteiger partial charge in [-0.15, -0.1) is 0 Å². The molecule has 0 bridgehead atoms. The second kappa shape index (κ2) is 12.5. The summed E-state index contributed by atoms with van der Waals surface area (Å²) in [5, 5.41) is 4.03. The predicted octanol–water partition coefficient (Wildman–Crippen LogP) is 6.36. The summed E-state index contributed by atoms with van der Waals surface area (Å²) in [6, 6.07) is 12.4. The van der Waals surface area contributed by atoms with Gasteiger partial charge in [0.15, 0.2) is 6.61 Å². The molecule has 1 saturated carbocycles. The smallest absolute Gasteiger partial charge is 0.261 e. The molecule has 1 aliphatic carbocycles. The summed E-state index contributed by atoms with van der Waals surface area (Å²) in [4.78, 5) is 27.9. The first-order valence-corrected chi connectivity index (χ1v) is 12.8. The quantitative estimate of drug-likeness (QED) is 0.431. The maximum absolute atomic E-state index is 13.3. The number of hydrogen-bond donors (Lipinski definition) is 1. The van der Waals surface area contributed by atoms with Crippen molar-refractivity contribution < 1.29 is 14.3 Å². The van der Waals surface area contributed by atoms with Gasteiger partial charge in [0.25, 0.3) is 5.91 Å². The molecule has 2 amide bonds. The molecule has 0 aromatic heterocycles. The van der Waals surface area contributed by atoms with Crippen LogP contribution in [0.2, 0.25) is 10.0 Å². The molecule has 0 spiro atoms. The van der Waals surface area contributed by atoms with Crippen LogP contribution in [0.4, 0.5) is 0 Å². The fraction of sp³-hybridized carbons (Fsp3) is 0.481. The van der Waals surface area contributed by atoms with E-state index in [1.165, 1.54) is 16.9 Å². The first-order valence-electron chi connectivity index (χ1n) is 12.0. The highest BCUT2D eigenvalue weighted by Crippen LogP contribution is 2.27. The molecule has 1 atom stereocenters. The molecular weight excluding hydrogens is 471 g/mol. The zero-order valence-electron chi connectivity index (χ0n) is 20.2. The topological polar surface area (TPSA) is 58.6 Å². The number of ether oxygens (including phenoxy) is 1. The van der Waals surface area contributed by atoms with Crippen LogP contribution in [0.1, 0.15) is 69.9 Å². The number of nitrogens with one attached hydrogen (secondary N) is 1. The van der Waals surface area contributed by atoms with Gasteiger partial charge in [-0.3, -0.25) is 9.59 Å². The van der Waals surface area contributed by atoms with Crippen molar-refractivity contribution >= 4 is 35.0 Å². The van der Waals surface area contributed by atoms with E-state index in [0.717, 1.165) is 25.7 Å². The van der Waals surface area contributed by atoms with Gasteiger partial charge in [0.05, 0.1) is 0 Å².